The number of hydrogen-bond donors (Lipinski definition) is 2. The standard InChI is InChI=1S/C24H32N6O/c1-3-25-24(26-14-13-23-29-28-22-10-6-7-15-30(22)23)27-17-19-12-11-18(2)16-21(19)31-20-8-4-5-9-20/h6-7,10-12,15-16,20H,3-5,8-9,13-14,17H2,1-2H3,(H2,25,26,27). The summed E-state index contributed by atoms with van der Waals surface area (Å²) in [6.45, 7) is 6.28. The van der Waals surface area contributed by atoms with E-state index in [0.29, 0.717) is 12.6 Å². The van der Waals surface area contributed by atoms with E-state index in [1.807, 2.05) is 28.8 Å². The van der Waals surface area contributed by atoms with Crippen molar-refractivity contribution in [2.45, 2.75) is 58.6 Å². The number of ether oxygens (including phenoxy) is 1. The van der Waals surface area contributed by atoms with Crippen molar-refractivity contribution in [2.24, 2.45) is 4.99 Å². The first-order chi connectivity index (χ1) is 15.2. The highest BCUT2D eigenvalue weighted by molar-refractivity contribution is 5.79. The molecule has 0 radical (unpaired) electrons. The third-order valence-electron chi connectivity index (χ3n) is 5.60. The van der Waals surface area contributed by atoms with Crippen molar-refractivity contribution in [1.82, 2.24) is 25.2 Å². The zero-order valence-corrected chi connectivity index (χ0v) is 18.5. The first kappa shape index (κ1) is 21.2. The lowest BCUT2D eigenvalue weighted by molar-refractivity contribution is 0.208. The summed E-state index contributed by atoms with van der Waals surface area (Å²) >= 11 is 0. The lowest BCUT2D eigenvalue weighted by Crippen LogP contribution is -2.38. The molecule has 0 unspecified atom stereocenters. The van der Waals surface area contributed by atoms with Gasteiger partial charge in [-0.2, -0.15) is 0 Å². The quantitative estimate of drug-likeness (QED) is 0.430. The minimum atomic E-state index is 0.342. The van der Waals surface area contributed by atoms with E-state index in [1.54, 1.807) is 0 Å². The highest BCUT2D eigenvalue weighted by Gasteiger charge is 2.18. The van der Waals surface area contributed by atoms with E-state index in [2.05, 4.69) is 52.9 Å². The van der Waals surface area contributed by atoms with Gasteiger partial charge in [-0.1, -0.05) is 18.2 Å². The maximum atomic E-state index is 6.32. The van der Waals surface area contributed by atoms with E-state index >= 15 is 0 Å². The molecular weight excluding hydrogens is 388 g/mol. The van der Waals surface area contributed by atoms with E-state index in [0.717, 1.165) is 61.1 Å². The van der Waals surface area contributed by atoms with Gasteiger partial charge in [-0.25, -0.2) is 4.99 Å². The number of nitrogens with zero attached hydrogens (tertiary/aromatic N) is 4. The van der Waals surface area contributed by atoms with E-state index < -0.39 is 0 Å². The average molecular weight is 421 g/mol. The van der Waals surface area contributed by atoms with Crippen LogP contribution < -0.4 is 15.4 Å². The van der Waals surface area contributed by atoms with Gasteiger partial charge in [0.25, 0.3) is 0 Å². The SMILES string of the molecule is CCNC(=NCc1ccc(C)cc1OC1CCCC1)NCCc1nnc2ccccn12. The zero-order valence-electron chi connectivity index (χ0n) is 18.5. The van der Waals surface area contributed by atoms with Gasteiger partial charge in [0, 0.05) is 31.3 Å². The van der Waals surface area contributed by atoms with Crippen LogP contribution in [-0.2, 0) is 13.0 Å². The van der Waals surface area contributed by atoms with Gasteiger partial charge in [-0.15, -0.1) is 10.2 Å². The van der Waals surface area contributed by atoms with Crippen LogP contribution in [0.1, 0.15) is 49.6 Å². The lowest BCUT2D eigenvalue weighted by Gasteiger charge is -2.17. The Balaban J connectivity index is 1.39. The van der Waals surface area contributed by atoms with Crippen molar-refractivity contribution in [2.75, 3.05) is 13.1 Å². The number of benzene rings is 1. The van der Waals surface area contributed by atoms with Crippen LogP contribution in [-0.4, -0.2) is 39.8 Å². The molecule has 0 aliphatic heterocycles. The molecule has 3 aromatic rings. The smallest absolute Gasteiger partial charge is 0.191 e. The Morgan fingerprint density at radius 1 is 1.16 bits per heavy atom. The molecule has 2 N–H and O–H groups in total. The van der Waals surface area contributed by atoms with Crippen LogP contribution in [0.4, 0.5) is 0 Å². The van der Waals surface area contributed by atoms with Crippen molar-refractivity contribution >= 4 is 11.6 Å². The van der Waals surface area contributed by atoms with Crippen LogP contribution in [0, 0.1) is 6.92 Å². The fraction of sp³-hybridized carbons (Fsp3) is 0.458. The van der Waals surface area contributed by atoms with Crippen molar-refractivity contribution in [3.63, 3.8) is 0 Å². The lowest BCUT2D eigenvalue weighted by atomic mass is 10.1. The minimum absolute atomic E-state index is 0.342. The average Bonchev–Trinajstić information content (AvgIpc) is 3.43. The summed E-state index contributed by atoms with van der Waals surface area (Å²) in [5.41, 5.74) is 3.21. The first-order valence-electron chi connectivity index (χ1n) is 11.3. The number of fused-ring (bicyclic) bond motifs is 1. The molecule has 1 fully saturated rings. The molecule has 164 valence electrons. The summed E-state index contributed by atoms with van der Waals surface area (Å²) in [5, 5.41) is 15.3. The molecule has 4 rings (SSSR count). The molecule has 0 amide bonds. The Labute approximate surface area is 183 Å². The molecule has 7 nitrogen and oxygen atoms in total. The van der Waals surface area contributed by atoms with E-state index in [9.17, 15) is 0 Å². The highest BCUT2D eigenvalue weighted by Crippen LogP contribution is 2.28. The van der Waals surface area contributed by atoms with Crippen LogP contribution in [0.5, 0.6) is 5.75 Å². The van der Waals surface area contributed by atoms with Gasteiger partial charge in [0.1, 0.15) is 11.6 Å². The predicted octanol–water partition coefficient (Wildman–Crippen LogP) is 3.66. The van der Waals surface area contributed by atoms with Crippen LogP contribution >= 0.6 is 0 Å². The van der Waals surface area contributed by atoms with Crippen molar-refractivity contribution in [3.8, 4) is 5.75 Å². The Bertz CT molecular complexity index is 1020. The van der Waals surface area contributed by atoms with Gasteiger partial charge in [-0.05, 0) is 63.3 Å². The molecular formula is C24H32N6O. The highest BCUT2D eigenvalue weighted by atomic mass is 16.5. The van der Waals surface area contributed by atoms with Crippen molar-refractivity contribution < 1.29 is 4.74 Å². The molecule has 2 aromatic heterocycles. The number of hydrogen-bond acceptors (Lipinski definition) is 4. The normalized spacial score (nSPS) is 14.8. The largest absolute Gasteiger partial charge is 0.490 e. The van der Waals surface area contributed by atoms with Crippen LogP contribution in [0.3, 0.4) is 0 Å². The van der Waals surface area contributed by atoms with Crippen molar-refractivity contribution in [1.29, 1.82) is 0 Å². The first-order valence-corrected chi connectivity index (χ1v) is 11.3. The number of guanidine groups is 1. The molecule has 0 bridgehead atoms. The van der Waals surface area contributed by atoms with Gasteiger partial charge in [0.15, 0.2) is 11.6 Å². The summed E-state index contributed by atoms with van der Waals surface area (Å²) in [6.07, 6.45) is 7.92. The van der Waals surface area contributed by atoms with Gasteiger partial charge >= 0.3 is 0 Å². The molecule has 0 saturated heterocycles. The topological polar surface area (TPSA) is 75.8 Å². The summed E-state index contributed by atoms with van der Waals surface area (Å²) in [4.78, 5) is 4.80. The van der Waals surface area contributed by atoms with Crippen LogP contribution in [0.25, 0.3) is 5.65 Å². The second kappa shape index (κ2) is 10.3. The van der Waals surface area contributed by atoms with Gasteiger partial charge in [0.2, 0.25) is 0 Å². The molecule has 0 atom stereocenters. The molecule has 0 spiro atoms. The maximum absolute atomic E-state index is 6.32. The van der Waals surface area contributed by atoms with Gasteiger partial charge in [-0.3, -0.25) is 4.40 Å². The maximum Gasteiger partial charge on any atom is 0.191 e. The number of nitrogens with one attached hydrogen (secondary N) is 2. The number of aryl methyl sites for hydroxylation is 1. The molecule has 7 heteroatoms. The second-order valence-corrected chi connectivity index (χ2v) is 8.05. The van der Waals surface area contributed by atoms with E-state index in [-0.39, 0.29) is 0 Å². The van der Waals surface area contributed by atoms with E-state index in [1.165, 1.54) is 18.4 Å². The van der Waals surface area contributed by atoms with Crippen LogP contribution in [0.15, 0.2) is 47.6 Å². The number of aliphatic imine (C=N–C) groups is 1. The monoisotopic (exact) mass is 420 g/mol. The minimum Gasteiger partial charge on any atom is -0.490 e. The second-order valence-electron chi connectivity index (χ2n) is 8.05. The summed E-state index contributed by atoms with van der Waals surface area (Å²) in [6, 6.07) is 12.3. The Morgan fingerprint density at radius 3 is 2.87 bits per heavy atom. The van der Waals surface area contributed by atoms with Gasteiger partial charge in [0.05, 0.1) is 12.6 Å². The fourth-order valence-electron chi connectivity index (χ4n) is 3.95. The number of pyridine rings is 1. The van der Waals surface area contributed by atoms with E-state index in [4.69, 9.17) is 9.73 Å². The summed E-state index contributed by atoms with van der Waals surface area (Å²) < 4.78 is 8.34. The van der Waals surface area contributed by atoms with Gasteiger partial charge < -0.3 is 15.4 Å². The van der Waals surface area contributed by atoms with Crippen LogP contribution in [0.2, 0.25) is 0 Å². The Kier molecular flexibility index (Phi) is 7.02. The number of rotatable bonds is 8. The molecule has 1 aromatic carbocycles. The third-order valence-corrected chi connectivity index (χ3v) is 5.60. The zero-order chi connectivity index (χ0) is 21.5. The Morgan fingerprint density at radius 2 is 2.03 bits per heavy atom. The molecule has 1 saturated carbocycles. The molecule has 1 aliphatic rings. The summed E-state index contributed by atoms with van der Waals surface area (Å²) in [7, 11) is 0. The van der Waals surface area contributed by atoms with Crippen molar-refractivity contribution in [3.05, 3.63) is 59.5 Å². The number of aromatic nitrogens is 3. The molecule has 2 heterocycles. The molecule has 31 heavy (non-hydrogen) atoms. The fourth-order valence-corrected chi connectivity index (χ4v) is 3.95. The third kappa shape index (κ3) is 5.54. The predicted molar refractivity (Wildman–Crippen MR) is 124 cm³/mol. The summed E-state index contributed by atoms with van der Waals surface area (Å²) in [5.74, 6) is 2.70. The molecule has 1 aliphatic carbocycles. The Hall–Kier alpha value is -3.09.